The summed E-state index contributed by atoms with van der Waals surface area (Å²) in [4.78, 5) is 23.8. The fourth-order valence-electron chi connectivity index (χ4n) is 2.11. The van der Waals surface area contributed by atoms with E-state index >= 15 is 0 Å². The number of ketones is 2. The molecule has 0 aliphatic carbocycles. The average Bonchev–Trinajstić information content (AvgIpc) is 2.67. The lowest BCUT2D eigenvalue weighted by atomic mass is 10.1. The van der Waals surface area contributed by atoms with Crippen molar-refractivity contribution in [3.63, 3.8) is 0 Å². The van der Waals surface area contributed by atoms with E-state index in [-0.39, 0.29) is 23.2 Å². The number of carbonyl (C=O) groups excluding carboxylic acids is 2. The van der Waals surface area contributed by atoms with E-state index in [9.17, 15) is 18.4 Å². The molecule has 0 spiro atoms. The van der Waals surface area contributed by atoms with Gasteiger partial charge in [0, 0.05) is 22.6 Å². The van der Waals surface area contributed by atoms with Crippen LogP contribution in [-0.2, 0) is 4.74 Å². The number of thioether (sulfide) groups is 2. The lowest BCUT2D eigenvalue weighted by Gasteiger charge is -2.05. The van der Waals surface area contributed by atoms with E-state index < -0.39 is 0 Å². The van der Waals surface area contributed by atoms with Gasteiger partial charge in [0.1, 0.15) is 11.6 Å². The van der Waals surface area contributed by atoms with Gasteiger partial charge in [-0.1, -0.05) is 0 Å². The lowest BCUT2D eigenvalue weighted by Crippen LogP contribution is -2.07. The van der Waals surface area contributed by atoms with Gasteiger partial charge in [0.25, 0.3) is 0 Å². The summed E-state index contributed by atoms with van der Waals surface area (Å²) in [5.74, 6) is 1.25. The van der Waals surface area contributed by atoms with Crippen LogP contribution in [0.4, 0.5) is 8.78 Å². The molecule has 0 bridgehead atoms. The van der Waals surface area contributed by atoms with Crippen molar-refractivity contribution in [3.8, 4) is 0 Å². The van der Waals surface area contributed by atoms with E-state index in [2.05, 4.69) is 0 Å². The quantitative estimate of drug-likeness (QED) is 0.380. The summed E-state index contributed by atoms with van der Waals surface area (Å²) < 4.78 is 31.1. The minimum atomic E-state index is -0.357. The summed E-state index contributed by atoms with van der Waals surface area (Å²) in [5, 5.41) is 0. The van der Waals surface area contributed by atoms with Gasteiger partial charge in [-0.3, -0.25) is 9.59 Å². The topological polar surface area (TPSA) is 43.4 Å². The third kappa shape index (κ3) is 8.24. The monoisotopic (exact) mass is 410 g/mol. The molecule has 2 aromatic rings. The number of carbonyl (C=O) groups is 2. The molecule has 0 heterocycles. The molecule has 0 amide bonds. The molecule has 0 aliphatic heterocycles. The maximum Gasteiger partial charge on any atom is 0.172 e. The first kappa shape index (κ1) is 21.6. The maximum atomic E-state index is 12.8. The second kappa shape index (κ2) is 11.9. The summed E-state index contributed by atoms with van der Waals surface area (Å²) in [6.07, 6.45) is 0. The highest BCUT2D eigenvalue weighted by Crippen LogP contribution is 2.10. The van der Waals surface area contributed by atoms with Crippen molar-refractivity contribution in [2.24, 2.45) is 0 Å². The molecule has 0 fully saturated rings. The molecule has 0 aliphatic rings. The Balaban J connectivity index is 1.47. The van der Waals surface area contributed by atoms with Gasteiger partial charge < -0.3 is 4.74 Å². The predicted molar refractivity (Wildman–Crippen MR) is 107 cm³/mol. The fourth-order valence-corrected chi connectivity index (χ4v) is 3.57. The molecule has 144 valence electrons. The molecule has 2 aromatic carbocycles. The third-order valence-electron chi connectivity index (χ3n) is 3.54. The standard InChI is InChI=1S/C20H20F2O3S2/c21-17-5-1-15(2-6-17)19(23)13-26-11-9-25-10-12-27-14-20(24)16-3-7-18(22)8-4-16/h1-8H,9-14H2. The Labute approximate surface area is 165 Å². The van der Waals surface area contributed by atoms with Gasteiger partial charge in [0.05, 0.1) is 24.7 Å². The van der Waals surface area contributed by atoms with Gasteiger partial charge in [-0.05, 0) is 48.5 Å². The molecule has 0 N–H and O–H groups in total. The van der Waals surface area contributed by atoms with Crippen LogP contribution < -0.4 is 0 Å². The zero-order valence-electron chi connectivity index (χ0n) is 14.7. The molecule has 0 atom stereocenters. The SMILES string of the molecule is O=C(CSCCOCCSCC(=O)c1ccc(F)cc1)c1ccc(F)cc1. The minimum absolute atomic E-state index is 0.0325. The maximum absolute atomic E-state index is 12.8. The third-order valence-corrected chi connectivity index (χ3v) is 5.39. The molecular weight excluding hydrogens is 390 g/mol. The first-order valence-electron chi connectivity index (χ1n) is 8.37. The van der Waals surface area contributed by atoms with Crippen molar-refractivity contribution in [2.75, 3.05) is 36.2 Å². The summed E-state index contributed by atoms with van der Waals surface area (Å²) in [7, 11) is 0. The normalized spacial score (nSPS) is 10.7. The summed E-state index contributed by atoms with van der Waals surface area (Å²) >= 11 is 2.94. The van der Waals surface area contributed by atoms with Crippen LogP contribution in [0.1, 0.15) is 20.7 Å². The van der Waals surface area contributed by atoms with Gasteiger partial charge in [-0.15, -0.1) is 0 Å². The summed E-state index contributed by atoms with van der Waals surface area (Å²) in [6.45, 7) is 1.04. The Morgan fingerprint density at radius 1 is 0.704 bits per heavy atom. The molecule has 27 heavy (non-hydrogen) atoms. The number of benzene rings is 2. The molecule has 0 radical (unpaired) electrons. The second-order valence-electron chi connectivity index (χ2n) is 5.58. The molecular formula is C20H20F2O3S2. The summed E-state index contributed by atoms with van der Waals surface area (Å²) in [5.41, 5.74) is 1.01. The van der Waals surface area contributed by atoms with E-state index in [4.69, 9.17) is 4.74 Å². The Hall–Kier alpha value is -1.70. The van der Waals surface area contributed by atoms with Crippen molar-refractivity contribution < 1.29 is 23.1 Å². The Morgan fingerprint density at radius 2 is 1.07 bits per heavy atom. The zero-order chi connectivity index (χ0) is 19.5. The Kier molecular flexibility index (Phi) is 9.52. The first-order valence-corrected chi connectivity index (χ1v) is 10.7. The average molecular weight is 411 g/mol. The fraction of sp³-hybridized carbons (Fsp3) is 0.300. The second-order valence-corrected chi connectivity index (χ2v) is 7.79. The number of Topliss-reactive ketones (excluding diaryl/α,β-unsaturated/α-hetero) is 2. The molecule has 0 saturated heterocycles. The molecule has 0 saturated carbocycles. The van der Waals surface area contributed by atoms with Gasteiger partial charge in [0.15, 0.2) is 11.6 Å². The molecule has 2 rings (SSSR count). The van der Waals surface area contributed by atoms with Crippen LogP contribution in [0.15, 0.2) is 48.5 Å². The highest BCUT2D eigenvalue weighted by molar-refractivity contribution is 8.00. The van der Waals surface area contributed by atoms with Crippen LogP contribution in [-0.4, -0.2) is 47.8 Å². The predicted octanol–water partition coefficient (Wildman–Crippen LogP) is 4.51. The number of rotatable bonds is 12. The Morgan fingerprint density at radius 3 is 1.44 bits per heavy atom. The van der Waals surface area contributed by atoms with Crippen LogP contribution in [0.25, 0.3) is 0 Å². The van der Waals surface area contributed by atoms with Crippen LogP contribution in [0.2, 0.25) is 0 Å². The van der Waals surface area contributed by atoms with Gasteiger partial charge in [-0.25, -0.2) is 8.78 Å². The minimum Gasteiger partial charge on any atom is -0.380 e. The van der Waals surface area contributed by atoms with E-state index in [0.717, 1.165) is 0 Å². The highest BCUT2D eigenvalue weighted by atomic mass is 32.2. The molecule has 7 heteroatoms. The molecule has 0 unspecified atom stereocenters. The van der Waals surface area contributed by atoms with E-state index in [1.54, 1.807) is 0 Å². The van der Waals surface area contributed by atoms with Gasteiger partial charge >= 0.3 is 0 Å². The lowest BCUT2D eigenvalue weighted by molar-refractivity contribution is 0.101. The van der Waals surface area contributed by atoms with Crippen molar-refractivity contribution in [1.29, 1.82) is 0 Å². The van der Waals surface area contributed by atoms with Crippen LogP contribution in [0.5, 0.6) is 0 Å². The smallest absolute Gasteiger partial charge is 0.172 e. The highest BCUT2D eigenvalue weighted by Gasteiger charge is 2.07. The Bertz CT molecular complexity index is 670. The van der Waals surface area contributed by atoms with E-state index in [0.29, 0.717) is 47.4 Å². The van der Waals surface area contributed by atoms with Gasteiger partial charge in [0.2, 0.25) is 0 Å². The number of hydrogen-bond acceptors (Lipinski definition) is 5. The number of halogens is 2. The van der Waals surface area contributed by atoms with Crippen molar-refractivity contribution in [1.82, 2.24) is 0 Å². The van der Waals surface area contributed by atoms with Crippen molar-refractivity contribution >= 4 is 35.1 Å². The summed E-state index contributed by atoms with van der Waals surface area (Å²) in [6, 6.07) is 11.1. The zero-order valence-corrected chi connectivity index (χ0v) is 16.3. The van der Waals surface area contributed by atoms with Crippen molar-refractivity contribution in [2.45, 2.75) is 0 Å². The van der Waals surface area contributed by atoms with Crippen LogP contribution >= 0.6 is 23.5 Å². The molecule has 3 nitrogen and oxygen atoms in total. The van der Waals surface area contributed by atoms with Crippen molar-refractivity contribution in [3.05, 3.63) is 71.3 Å². The van der Waals surface area contributed by atoms with E-state index in [1.807, 2.05) is 0 Å². The van der Waals surface area contributed by atoms with Crippen LogP contribution in [0.3, 0.4) is 0 Å². The van der Waals surface area contributed by atoms with E-state index in [1.165, 1.54) is 72.1 Å². The number of ether oxygens (including phenoxy) is 1. The van der Waals surface area contributed by atoms with Gasteiger partial charge in [-0.2, -0.15) is 23.5 Å². The molecule has 0 aromatic heterocycles. The first-order chi connectivity index (χ1) is 13.1. The largest absolute Gasteiger partial charge is 0.380 e. The number of hydrogen-bond donors (Lipinski definition) is 0. The van der Waals surface area contributed by atoms with Crippen LogP contribution in [0, 0.1) is 11.6 Å².